The molecule has 0 aromatic carbocycles. The van der Waals surface area contributed by atoms with E-state index in [9.17, 15) is 0 Å². The molecule has 2 atom stereocenters. The van der Waals surface area contributed by atoms with Crippen LogP contribution in [0.1, 0.15) is 12.8 Å². The lowest BCUT2D eigenvalue weighted by molar-refractivity contribution is 0.0693. The van der Waals surface area contributed by atoms with Crippen LogP contribution in [-0.2, 0) is 4.74 Å². The molecule has 9 heavy (non-hydrogen) atoms. The SMILES string of the molecule is N[C@H](CO)C1CCCO1. The van der Waals surface area contributed by atoms with Crippen LogP contribution >= 0.6 is 0 Å². The molecule has 1 heterocycles. The Morgan fingerprint density at radius 3 is 3.00 bits per heavy atom. The van der Waals surface area contributed by atoms with Gasteiger partial charge in [-0.2, -0.15) is 0 Å². The Bertz CT molecular complexity index is 81.1. The van der Waals surface area contributed by atoms with Crippen molar-refractivity contribution in [3.8, 4) is 0 Å². The first-order valence-electron chi connectivity index (χ1n) is 3.32. The third-order valence-corrected chi connectivity index (χ3v) is 1.65. The zero-order chi connectivity index (χ0) is 6.69. The van der Waals surface area contributed by atoms with Crippen molar-refractivity contribution in [2.75, 3.05) is 13.2 Å². The molecule has 1 saturated heterocycles. The fraction of sp³-hybridized carbons (Fsp3) is 1.00. The molecule has 54 valence electrons. The van der Waals surface area contributed by atoms with Crippen molar-refractivity contribution in [3.63, 3.8) is 0 Å². The first-order chi connectivity index (χ1) is 4.34. The van der Waals surface area contributed by atoms with Crippen LogP contribution < -0.4 is 5.73 Å². The van der Waals surface area contributed by atoms with E-state index in [4.69, 9.17) is 15.6 Å². The number of aliphatic hydroxyl groups excluding tert-OH is 1. The molecule has 1 aliphatic heterocycles. The minimum Gasteiger partial charge on any atom is -0.395 e. The van der Waals surface area contributed by atoms with Gasteiger partial charge in [-0.05, 0) is 12.8 Å². The van der Waals surface area contributed by atoms with E-state index in [1.54, 1.807) is 0 Å². The number of rotatable bonds is 2. The topological polar surface area (TPSA) is 55.5 Å². The second-order valence-electron chi connectivity index (χ2n) is 2.40. The second kappa shape index (κ2) is 3.15. The Balaban J connectivity index is 2.24. The minimum atomic E-state index is -0.174. The highest BCUT2D eigenvalue weighted by molar-refractivity contribution is 4.75. The van der Waals surface area contributed by atoms with Gasteiger partial charge in [-0.25, -0.2) is 0 Å². The lowest BCUT2D eigenvalue weighted by atomic mass is 10.1. The van der Waals surface area contributed by atoms with Gasteiger partial charge in [0.2, 0.25) is 0 Å². The summed E-state index contributed by atoms with van der Waals surface area (Å²) in [6, 6.07) is -0.174. The van der Waals surface area contributed by atoms with Gasteiger partial charge in [0.25, 0.3) is 0 Å². The third kappa shape index (κ3) is 1.64. The Hall–Kier alpha value is -0.120. The standard InChI is InChI=1S/C6H13NO2/c7-5(4-8)6-2-1-3-9-6/h5-6,8H,1-4,7H2/t5-,6?/m1/s1. The number of nitrogens with two attached hydrogens (primary N) is 1. The first kappa shape index (κ1) is 6.99. The van der Waals surface area contributed by atoms with Gasteiger partial charge in [0.05, 0.1) is 18.8 Å². The smallest absolute Gasteiger partial charge is 0.0749 e. The predicted molar refractivity (Wildman–Crippen MR) is 34.0 cm³/mol. The summed E-state index contributed by atoms with van der Waals surface area (Å²) in [4.78, 5) is 0. The maximum absolute atomic E-state index is 8.59. The molecule has 3 N–H and O–H groups in total. The van der Waals surface area contributed by atoms with Crippen molar-refractivity contribution < 1.29 is 9.84 Å². The molecular formula is C6H13NO2. The summed E-state index contributed by atoms with van der Waals surface area (Å²) in [5, 5.41) is 8.59. The van der Waals surface area contributed by atoms with Crippen LogP contribution in [0.5, 0.6) is 0 Å². The molecule has 0 aromatic rings. The minimum absolute atomic E-state index is 0.0324. The van der Waals surface area contributed by atoms with Gasteiger partial charge in [-0.15, -0.1) is 0 Å². The van der Waals surface area contributed by atoms with Gasteiger partial charge in [0.15, 0.2) is 0 Å². The Morgan fingerprint density at radius 1 is 1.78 bits per heavy atom. The van der Waals surface area contributed by atoms with Gasteiger partial charge in [-0.1, -0.05) is 0 Å². The molecule has 3 heteroatoms. The van der Waals surface area contributed by atoms with Gasteiger partial charge in [-0.3, -0.25) is 0 Å². The normalized spacial score (nSPS) is 30.7. The zero-order valence-corrected chi connectivity index (χ0v) is 5.42. The molecule has 0 aromatic heterocycles. The van der Waals surface area contributed by atoms with Crippen LogP contribution in [0.25, 0.3) is 0 Å². The molecule has 3 nitrogen and oxygen atoms in total. The average molecular weight is 131 g/mol. The highest BCUT2D eigenvalue weighted by atomic mass is 16.5. The molecule has 1 rings (SSSR count). The summed E-state index contributed by atoms with van der Waals surface area (Å²) in [6.07, 6.45) is 2.19. The fourth-order valence-electron chi connectivity index (χ4n) is 1.06. The highest BCUT2D eigenvalue weighted by Crippen LogP contribution is 2.13. The van der Waals surface area contributed by atoms with Crippen LogP contribution in [0.3, 0.4) is 0 Å². The van der Waals surface area contributed by atoms with Crippen molar-refractivity contribution in [2.24, 2.45) is 5.73 Å². The molecule has 0 bridgehead atoms. The van der Waals surface area contributed by atoms with Crippen LogP contribution in [0.2, 0.25) is 0 Å². The molecule has 0 spiro atoms. The number of ether oxygens (including phenoxy) is 1. The third-order valence-electron chi connectivity index (χ3n) is 1.65. The molecule has 1 aliphatic rings. The molecule has 1 fully saturated rings. The lowest BCUT2D eigenvalue weighted by Gasteiger charge is -2.14. The number of hydrogen-bond donors (Lipinski definition) is 2. The van der Waals surface area contributed by atoms with E-state index in [2.05, 4.69) is 0 Å². The van der Waals surface area contributed by atoms with Crippen LogP contribution in [0.4, 0.5) is 0 Å². The Labute approximate surface area is 54.8 Å². The van der Waals surface area contributed by atoms with Crippen molar-refractivity contribution in [3.05, 3.63) is 0 Å². The van der Waals surface area contributed by atoms with E-state index >= 15 is 0 Å². The van der Waals surface area contributed by atoms with E-state index in [1.807, 2.05) is 0 Å². The molecule has 0 radical (unpaired) electrons. The van der Waals surface area contributed by atoms with E-state index in [-0.39, 0.29) is 18.8 Å². The summed E-state index contributed by atoms with van der Waals surface area (Å²) >= 11 is 0. The maximum Gasteiger partial charge on any atom is 0.0749 e. The van der Waals surface area contributed by atoms with Crippen LogP contribution in [0.15, 0.2) is 0 Å². The first-order valence-corrected chi connectivity index (χ1v) is 3.32. The van der Waals surface area contributed by atoms with Crippen molar-refractivity contribution in [2.45, 2.75) is 25.0 Å². The summed E-state index contributed by atoms with van der Waals surface area (Å²) in [7, 11) is 0. The zero-order valence-electron chi connectivity index (χ0n) is 5.42. The van der Waals surface area contributed by atoms with Gasteiger partial charge in [0, 0.05) is 6.61 Å². The number of aliphatic hydroxyl groups is 1. The monoisotopic (exact) mass is 131 g/mol. The Kier molecular flexibility index (Phi) is 2.45. The molecule has 0 amide bonds. The lowest BCUT2D eigenvalue weighted by Crippen LogP contribution is -2.37. The fourth-order valence-corrected chi connectivity index (χ4v) is 1.06. The van der Waals surface area contributed by atoms with Crippen LogP contribution in [-0.4, -0.2) is 30.5 Å². The highest BCUT2D eigenvalue weighted by Gasteiger charge is 2.21. The van der Waals surface area contributed by atoms with E-state index < -0.39 is 0 Å². The largest absolute Gasteiger partial charge is 0.395 e. The van der Waals surface area contributed by atoms with E-state index in [1.165, 1.54) is 0 Å². The quantitative estimate of drug-likeness (QED) is 0.530. The van der Waals surface area contributed by atoms with Gasteiger partial charge < -0.3 is 15.6 Å². The molecule has 0 aliphatic carbocycles. The summed E-state index contributed by atoms with van der Waals surface area (Å²) in [6.45, 7) is 0.836. The van der Waals surface area contributed by atoms with E-state index in [0.717, 1.165) is 19.4 Å². The van der Waals surface area contributed by atoms with Gasteiger partial charge >= 0.3 is 0 Å². The van der Waals surface area contributed by atoms with Crippen molar-refractivity contribution in [1.29, 1.82) is 0 Å². The van der Waals surface area contributed by atoms with E-state index in [0.29, 0.717) is 0 Å². The van der Waals surface area contributed by atoms with Crippen molar-refractivity contribution in [1.82, 2.24) is 0 Å². The summed E-state index contributed by atoms with van der Waals surface area (Å²) in [5.41, 5.74) is 5.50. The summed E-state index contributed by atoms with van der Waals surface area (Å²) in [5.74, 6) is 0. The molecular weight excluding hydrogens is 118 g/mol. The second-order valence-corrected chi connectivity index (χ2v) is 2.40. The maximum atomic E-state index is 8.59. The average Bonchev–Trinajstić information content (AvgIpc) is 2.37. The van der Waals surface area contributed by atoms with Crippen molar-refractivity contribution >= 4 is 0 Å². The van der Waals surface area contributed by atoms with Crippen LogP contribution in [0, 0.1) is 0 Å². The Morgan fingerprint density at radius 2 is 2.56 bits per heavy atom. The van der Waals surface area contributed by atoms with Gasteiger partial charge in [0.1, 0.15) is 0 Å². The number of hydrogen-bond acceptors (Lipinski definition) is 3. The molecule has 0 saturated carbocycles. The molecule has 1 unspecified atom stereocenters. The summed E-state index contributed by atoms with van der Waals surface area (Å²) < 4.78 is 5.22. The predicted octanol–water partition coefficient (Wildman–Crippen LogP) is -0.515.